The molecule has 0 spiro atoms. The second-order valence-corrected chi connectivity index (χ2v) is 3.34. The molecule has 0 aliphatic rings. The lowest BCUT2D eigenvalue weighted by Gasteiger charge is -1.99. The van der Waals surface area contributed by atoms with Crippen LogP contribution in [0.2, 0.25) is 5.15 Å². The molecule has 4 nitrogen and oxygen atoms in total. The molecule has 0 aliphatic heterocycles. The van der Waals surface area contributed by atoms with E-state index in [-0.39, 0.29) is 0 Å². The molecule has 5 heteroatoms. The van der Waals surface area contributed by atoms with Gasteiger partial charge in [-0.1, -0.05) is 11.6 Å². The minimum absolute atomic E-state index is 0.307. The first-order valence-electron chi connectivity index (χ1n) is 3.87. The summed E-state index contributed by atoms with van der Waals surface area (Å²) in [5.41, 5.74) is 8.65. The third-order valence-corrected chi connectivity index (χ3v) is 2.16. The lowest BCUT2D eigenvalue weighted by atomic mass is 10.3. The van der Waals surface area contributed by atoms with Crippen LogP contribution in [0, 0.1) is 13.8 Å². The van der Waals surface area contributed by atoms with Gasteiger partial charge >= 0.3 is 0 Å². The van der Waals surface area contributed by atoms with Gasteiger partial charge < -0.3 is 5.73 Å². The molecule has 0 saturated carbocycles. The number of hydrogen-bond donors (Lipinski definition) is 1. The van der Waals surface area contributed by atoms with Crippen LogP contribution in [-0.2, 0) is 0 Å². The molecule has 0 amide bonds. The predicted molar refractivity (Wildman–Crippen MR) is 51.9 cm³/mol. The van der Waals surface area contributed by atoms with Gasteiger partial charge in [-0.05, 0) is 19.9 Å². The number of fused-ring (bicyclic) bond motifs is 1. The van der Waals surface area contributed by atoms with Crippen LogP contribution < -0.4 is 5.73 Å². The van der Waals surface area contributed by atoms with Gasteiger partial charge in [0.05, 0.1) is 0 Å². The van der Waals surface area contributed by atoms with Crippen LogP contribution in [0.25, 0.3) is 5.65 Å². The summed E-state index contributed by atoms with van der Waals surface area (Å²) in [6, 6.07) is 1.93. The van der Waals surface area contributed by atoms with E-state index < -0.39 is 0 Å². The first kappa shape index (κ1) is 8.31. The Hall–Kier alpha value is -1.29. The molecule has 68 valence electrons. The van der Waals surface area contributed by atoms with Gasteiger partial charge in [0, 0.05) is 11.4 Å². The van der Waals surface area contributed by atoms with E-state index in [1.54, 1.807) is 4.52 Å². The van der Waals surface area contributed by atoms with Gasteiger partial charge in [-0.3, -0.25) is 0 Å². The number of halogens is 1. The highest BCUT2D eigenvalue weighted by molar-refractivity contribution is 6.32. The Bertz CT molecular complexity index is 474. The normalized spacial score (nSPS) is 11.0. The van der Waals surface area contributed by atoms with E-state index in [0.29, 0.717) is 16.5 Å². The molecule has 0 unspecified atom stereocenters. The van der Waals surface area contributed by atoms with Gasteiger partial charge in [-0.25, -0.2) is 9.50 Å². The second-order valence-electron chi connectivity index (χ2n) is 2.98. The molecular weight excluding hydrogens is 188 g/mol. The Kier molecular flexibility index (Phi) is 1.66. The van der Waals surface area contributed by atoms with Gasteiger partial charge in [-0.15, -0.1) is 0 Å². The molecule has 2 heterocycles. The molecule has 2 aromatic rings. The van der Waals surface area contributed by atoms with Crippen molar-refractivity contribution in [2.45, 2.75) is 13.8 Å². The van der Waals surface area contributed by atoms with Crippen LogP contribution in [0.3, 0.4) is 0 Å². The number of aryl methyl sites for hydroxylation is 2. The molecule has 2 rings (SSSR count). The fraction of sp³-hybridized carbons (Fsp3) is 0.250. The highest BCUT2D eigenvalue weighted by atomic mass is 35.5. The van der Waals surface area contributed by atoms with E-state index in [4.69, 9.17) is 17.3 Å². The highest BCUT2D eigenvalue weighted by Crippen LogP contribution is 2.22. The lowest BCUT2D eigenvalue weighted by Crippen LogP contribution is -1.97. The quantitative estimate of drug-likeness (QED) is 0.696. The number of nitrogen functional groups attached to an aromatic ring is 1. The van der Waals surface area contributed by atoms with E-state index in [2.05, 4.69) is 10.1 Å². The molecule has 13 heavy (non-hydrogen) atoms. The minimum Gasteiger partial charge on any atom is -0.393 e. The van der Waals surface area contributed by atoms with Crippen molar-refractivity contribution in [3.8, 4) is 0 Å². The van der Waals surface area contributed by atoms with Crippen molar-refractivity contribution >= 4 is 22.9 Å². The Balaban J connectivity index is 2.94. The van der Waals surface area contributed by atoms with Crippen LogP contribution in [0.4, 0.5) is 5.69 Å². The maximum absolute atomic E-state index is 5.78. The zero-order valence-corrected chi connectivity index (χ0v) is 8.13. The summed E-state index contributed by atoms with van der Waals surface area (Å²) in [5, 5.41) is 4.35. The average Bonchev–Trinajstić information content (AvgIpc) is 2.32. The van der Waals surface area contributed by atoms with Crippen molar-refractivity contribution < 1.29 is 0 Å². The topological polar surface area (TPSA) is 56.2 Å². The van der Waals surface area contributed by atoms with Gasteiger partial charge in [0.2, 0.25) is 0 Å². The van der Waals surface area contributed by atoms with Gasteiger partial charge in [0.25, 0.3) is 0 Å². The number of rotatable bonds is 0. The molecule has 2 aromatic heterocycles. The van der Waals surface area contributed by atoms with Crippen molar-refractivity contribution in [2.24, 2.45) is 0 Å². The van der Waals surface area contributed by atoms with Crippen molar-refractivity contribution in [1.82, 2.24) is 14.6 Å². The van der Waals surface area contributed by atoms with Gasteiger partial charge in [-0.2, -0.15) is 5.10 Å². The maximum atomic E-state index is 5.78. The second kappa shape index (κ2) is 2.60. The Morgan fingerprint density at radius 2 is 2.15 bits per heavy atom. The summed E-state index contributed by atoms with van der Waals surface area (Å²) in [6.45, 7) is 3.85. The Morgan fingerprint density at radius 3 is 2.85 bits per heavy atom. The number of nitrogens with two attached hydrogens (primary N) is 1. The largest absolute Gasteiger partial charge is 0.393 e. The Morgan fingerprint density at radius 1 is 1.46 bits per heavy atom. The average molecular weight is 197 g/mol. The summed E-state index contributed by atoms with van der Waals surface area (Å²) in [5.74, 6) is 0. The smallest absolute Gasteiger partial charge is 0.180 e. The van der Waals surface area contributed by atoms with Crippen LogP contribution in [0.1, 0.15) is 11.4 Å². The number of hydrogen-bond acceptors (Lipinski definition) is 3. The summed E-state index contributed by atoms with van der Waals surface area (Å²) in [6.07, 6.45) is 0. The lowest BCUT2D eigenvalue weighted by molar-refractivity contribution is 0.886. The predicted octanol–water partition coefficient (Wildman–Crippen LogP) is 1.58. The van der Waals surface area contributed by atoms with E-state index in [1.165, 1.54) is 0 Å². The van der Waals surface area contributed by atoms with E-state index in [1.807, 2.05) is 19.9 Å². The minimum atomic E-state index is 0.307. The van der Waals surface area contributed by atoms with Crippen molar-refractivity contribution in [1.29, 1.82) is 0 Å². The zero-order valence-electron chi connectivity index (χ0n) is 7.37. The molecule has 0 radical (unpaired) electrons. The molecule has 0 aromatic carbocycles. The van der Waals surface area contributed by atoms with Crippen molar-refractivity contribution in [3.63, 3.8) is 0 Å². The molecule has 0 aliphatic carbocycles. The first-order valence-corrected chi connectivity index (χ1v) is 4.25. The van der Waals surface area contributed by atoms with Crippen LogP contribution >= 0.6 is 11.6 Å². The summed E-state index contributed by atoms with van der Waals surface area (Å²) in [4.78, 5) is 4.25. The fourth-order valence-corrected chi connectivity index (χ4v) is 1.47. The fourth-order valence-electron chi connectivity index (χ4n) is 1.31. The molecule has 0 fully saturated rings. The van der Waals surface area contributed by atoms with Gasteiger partial charge in [0.15, 0.2) is 10.8 Å². The Labute approximate surface area is 80.3 Å². The van der Waals surface area contributed by atoms with E-state index in [9.17, 15) is 0 Å². The number of aromatic nitrogens is 3. The molecule has 2 N–H and O–H groups in total. The van der Waals surface area contributed by atoms with Crippen LogP contribution in [0.5, 0.6) is 0 Å². The number of nitrogens with zero attached hydrogens (tertiary/aromatic N) is 3. The molecule has 0 atom stereocenters. The van der Waals surface area contributed by atoms with E-state index >= 15 is 0 Å². The SMILES string of the molecule is Cc1cc(C)n2nc(Cl)c(N)c2n1. The van der Waals surface area contributed by atoms with Crippen LogP contribution in [-0.4, -0.2) is 14.6 Å². The third-order valence-electron chi connectivity index (χ3n) is 1.89. The van der Waals surface area contributed by atoms with Gasteiger partial charge in [0.1, 0.15) is 5.69 Å². The monoisotopic (exact) mass is 196 g/mol. The van der Waals surface area contributed by atoms with Crippen LogP contribution in [0.15, 0.2) is 6.07 Å². The van der Waals surface area contributed by atoms with Crippen molar-refractivity contribution in [2.75, 3.05) is 5.73 Å². The standard InChI is InChI=1S/C8H9ClN4/c1-4-3-5(2)13-8(11-4)6(10)7(9)12-13/h3H,10H2,1-2H3. The first-order chi connectivity index (χ1) is 6.09. The molecular formula is C8H9ClN4. The zero-order chi connectivity index (χ0) is 9.59. The molecule has 0 bridgehead atoms. The highest BCUT2D eigenvalue weighted by Gasteiger charge is 2.10. The summed E-state index contributed by atoms with van der Waals surface area (Å²) >= 11 is 5.78. The summed E-state index contributed by atoms with van der Waals surface area (Å²) in [7, 11) is 0. The summed E-state index contributed by atoms with van der Waals surface area (Å²) < 4.78 is 1.64. The van der Waals surface area contributed by atoms with E-state index in [0.717, 1.165) is 11.4 Å². The molecule has 0 saturated heterocycles. The number of anilines is 1. The maximum Gasteiger partial charge on any atom is 0.180 e. The van der Waals surface area contributed by atoms with Crippen molar-refractivity contribution in [3.05, 3.63) is 22.6 Å². The third kappa shape index (κ3) is 1.14.